The van der Waals surface area contributed by atoms with E-state index in [2.05, 4.69) is 11.9 Å². The summed E-state index contributed by atoms with van der Waals surface area (Å²) in [5.74, 6) is 0.651. The minimum Gasteiger partial charge on any atom is -0.493 e. The molecule has 0 aromatic heterocycles. The summed E-state index contributed by atoms with van der Waals surface area (Å²) in [6.45, 7) is 8.37. The Hall–Kier alpha value is -2.48. The highest BCUT2D eigenvalue weighted by atomic mass is 32.2. The first-order valence-electron chi connectivity index (χ1n) is 10.7. The molecule has 2 unspecified atom stereocenters. The first kappa shape index (κ1) is 23.2. The Morgan fingerprint density at radius 2 is 2.00 bits per heavy atom. The summed E-state index contributed by atoms with van der Waals surface area (Å²) in [5, 5.41) is 0.338. The van der Waals surface area contributed by atoms with Crippen molar-refractivity contribution in [1.82, 2.24) is 4.90 Å². The molecule has 3 rings (SSSR count). The fraction of sp³-hybridized carbons (Fsp3) is 0.522. The normalized spacial score (nSPS) is 20.5. The summed E-state index contributed by atoms with van der Waals surface area (Å²) in [7, 11) is 1.58. The molecule has 8 heteroatoms. The van der Waals surface area contributed by atoms with E-state index in [1.165, 1.54) is 11.8 Å². The topological polar surface area (TPSA) is 77.4 Å². The second-order valence-corrected chi connectivity index (χ2v) is 8.76. The lowest BCUT2D eigenvalue weighted by atomic mass is 9.94. The number of thioether (sulfide) groups is 1. The summed E-state index contributed by atoms with van der Waals surface area (Å²) in [4.78, 5) is 32.0. The van der Waals surface area contributed by atoms with E-state index < -0.39 is 12.0 Å². The lowest BCUT2D eigenvalue weighted by molar-refractivity contribution is -0.139. The third kappa shape index (κ3) is 4.74. The van der Waals surface area contributed by atoms with Gasteiger partial charge in [0.15, 0.2) is 16.7 Å². The molecule has 1 amide bonds. The van der Waals surface area contributed by atoms with Crippen molar-refractivity contribution in [3.63, 3.8) is 0 Å². The number of benzene rings is 1. The maximum atomic E-state index is 13.0. The summed E-state index contributed by atoms with van der Waals surface area (Å²) >= 11 is 1.40. The van der Waals surface area contributed by atoms with Gasteiger partial charge in [0.05, 0.1) is 42.9 Å². The van der Waals surface area contributed by atoms with Crippen LogP contribution in [0.15, 0.2) is 34.5 Å². The molecule has 0 saturated carbocycles. The zero-order chi connectivity index (χ0) is 22.5. The van der Waals surface area contributed by atoms with E-state index in [9.17, 15) is 9.59 Å². The van der Waals surface area contributed by atoms with E-state index in [-0.39, 0.29) is 17.8 Å². The number of nitrogens with zero attached hydrogens (tertiary/aromatic N) is 2. The third-order valence-corrected chi connectivity index (χ3v) is 6.32. The Labute approximate surface area is 187 Å². The number of ether oxygens (including phenoxy) is 3. The van der Waals surface area contributed by atoms with Crippen molar-refractivity contribution in [3.8, 4) is 11.5 Å². The number of hydrogen-bond acceptors (Lipinski definition) is 7. The monoisotopic (exact) mass is 446 g/mol. The molecule has 2 aliphatic rings. The number of aliphatic imine (C=N–C) groups is 1. The minimum absolute atomic E-state index is 0.0816. The van der Waals surface area contributed by atoms with Crippen LogP contribution in [0.3, 0.4) is 0 Å². The number of rotatable bonds is 9. The van der Waals surface area contributed by atoms with Crippen LogP contribution in [0.25, 0.3) is 0 Å². The Morgan fingerprint density at radius 3 is 2.68 bits per heavy atom. The van der Waals surface area contributed by atoms with Crippen LogP contribution in [0, 0.1) is 0 Å². The lowest BCUT2D eigenvalue weighted by Gasteiger charge is -2.33. The highest BCUT2D eigenvalue weighted by molar-refractivity contribution is 8.15. The van der Waals surface area contributed by atoms with Gasteiger partial charge in [-0.25, -0.2) is 9.79 Å². The number of unbranched alkanes of at least 4 members (excludes halogenated alkanes) is 2. The van der Waals surface area contributed by atoms with Crippen LogP contribution in [-0.2, 0) is 14.3 Å². The molecule has 0 spiro atoms. The molecule has 0 radical (unpaired) electrons. The quantitative estimate of drug-likeness (QED) is 0.411. The first-order valence-corrected chi connectivity index (χ1v) is 11.6. The minimum atomic E-state index is -0.625. The molecule has 1 aromatic rings. The van der Waals surface area contributed by atoms with Crippen molar-refractivity contribution in [1.29, 1.82) is 0 Å². The highest BCUT2D eigenvalue weighted by Gasteiger charge is 2.46. The van der Waals surface area contributed by atoms with Crippen molar-refractivity contribution >= 4 is 28.8 Å². The SMILES string of the molecule is CCCCCOc1ccc(C2C(C(=O)OCC)=C(C)N=C3SC(C)C(=O)N32)cc1OC. The number of allylic oxidation sites excluding steroid dienone is 1. The molecule has 2 atom stereocenters. The van der Waals surface area contributed by atoms with E-state index in [1.807, 2.05) is 25.1 Å². The summed E-state index contributed by atoms with van der Waals surface area (Å²) in [5.41, 5.74) is 1.67. The van der Waals surface area contributed by atoms with E-state index in [0.717, 1.165) is 24.8 Å². The number of fused-ring (bicyclic) bond motifs is 1. The second-order valence-electron chi connectivity index (χ2n) is 7.45. The molecular weight excluding hydrogens is 416 g/mol. The highest BCUT2D eigenvalue weighted by Crippen LogP contribution is 2.44. The summed E-state index contributed by atoms with van der Waals surface area (Å²) in [6.07, 6.45) is 3.19. The number of amidine groups is 1. The maximum Gasteiger partial charge on any atom is 0.338 e. The fourth-order valence-corrected chi connectivity index (χ4v) is 4.72. The number of amides is 1. The summed E-state index contributed by atoms with van der Waals surface area (Å²) in [6, 6.07) is 4.91. The zero-order valence-electron chi connectivity index (χ0n) is 18.8. The van der Waals surface area contributed by atoms with Crippen molar-refractivity contribution in [2.45, 2.75) is 58.2 Å². The van der Waals surface area contributed by atoms with Crippen LogP contribution in [0.1, 0.15) is 58.6 Å². The number of hydrogen-bond donors (Lipinski definition) is 0. The second kappa shape index (κ2) is 10.2. The maximum absolute atomic E-state index is 13.0. The zero-order valence-corrected chi connectivity index (χ0v) is 19.6. The Kier molecular flexibility index (Phi) is 7.64. The Morgan fingerprint density at radius 1 is 1.23 bits per heavy atom. The van der Waals surface area contributed by atoms with Crippen LogP contribution in [0.2, 0.25) is 0 Å². The smallest absolute Gasteiger partial charge is 0.338 e. The number of carbonyl (C=O) groups is 2. The molecule has 7 nitrogen and oxygen atoms in total. The van der Waals surface area contributed by atoms with E-state index >= 15 is 0 Å². The van der Waals surface area contributed by atoms with Gasteiger partial charge >= 0.3 is 5.97 Å². The molecule has 2 aliphatic heterocycles. The van der Waals surface area contributed by atoms with Gasteiger partial charge in [0.1, 0.15) is 0 Å². The van der Waals surface area contributed by atoms with Crippen LogP contribution in [0.4, 0.5) is 0 Å². The van der Waals surface area contributed by atoms with Crippen molar-refractivity contribution in [2.24, 2.45) is 4.99 Å². The van der Waals surface area contributed by atoms with E-state index in [1.54, 1.807) is 25.9 Å². The molecule has 2 heterocycles. The number of methoxy groups -OCH3 is 1. The average molecular weight is 447 g/mol. The number of carbonyl (C=O) groups excluding carboxylic acids is 2. The molecule has 1 saturated heterocycles. The van der Waals surface area contributed by atoms with Crippen LogP contribution < -0.4 is 9.47 Å². The molecule has 0 N–H and O–H groups in total. The van der Waals surface area contributed by atoms with Gasteiger partial charge < -0.3 is 14.2 Å². The van der Waals surface area contributed by atoms with Gasteiger partial charge in [-0.1, -0.05) is 37.6 Å². The predicted molar refractivity (Wildman–Crippen MR) is 121 cm³/mol. The van der Waals surface area contributed by atoms with Gasteiger partial charge in [0, 0.05) is 0 Å². The van der Waals surface area contributed by atoms with Crippen molar-refractivity contribution < 1.29 is 23.8 Å². The first-order chi connectivity index (χ1) is 14.9. The van der Waals surface area contributed by atoms with Gasteiger partial charge in [-0.15, -0.1) is 0 Å². The van der Waals surface area contributed by atoms with Gasteiger partial charge in [0.2, 0.25) is 5.91 Å². The van der Waals surface area contributed by atoms with Crippen molar-refractivity contribution in [2.75, 3.05) is 20.3 Å². The van der Waals surface area contributed by atoms with Gasteiger partial charge in [-0.05, 0) is 44.9 Å². The van der Waals surface area contributed by atoms with Crippen molar-refractivity contribution in [3.05, 3.63) is 35.0 Å². The third-order valence-electron chi connectivity index (χ3n) is 5.26. The van der Waals surface area contributed by atoms with Gasteiger partial charge in [0.25, 0.3) is 0 Å². The molecule has 1 aromatic carbocycles. The Balaban J connectivity index is 2.01. The summed E-state index contributed by atoms with van der Waals surface area (Å²) < 4.78 is 16.8. The molecular formula is C23H30N2O5S. The largest absolute Gasteiger partial charge is 0.493 e. The van der Waals surface area contributed by atoms with Crippen LogP contribution in [-0.4, -0.2) is 47.5 Å². The standard InChI is InChI=1S/C23H30N2O5S/c1-6-8-9-12-30-17-11-10-16(13-18(17)28-5)20-19(22(27)29-7-2)14(3)24-23-25(20)21(26)15(4)31-23/h10-11,13,15,20H,6-9,12H2,1-5H3. The predicted octanol–water partition coefficient (Wildman–Crippen LogP) is 4.48. The van der Waals surface area contributed by atoms with Crippen LogP contribution in [0.5, 0.6) is 11.5 Å². The van der Waals surface area contributed by atoms with Gasteiger partial charge in [-0.3, -0.25) is 9.69 Å². The van der Waals surface area contributed by atoms with E-state index in [0.29, 0.717) is 34.5 Å². The molecule has 31 heavy (non-hydrogen) atoms. The molecule has 1 fully saturated rings. The number of esters is 1. The molecule has 0 aliphatic carbocycles. The fourth-order valence-electron chi connectivity index (χ4n) is 3.70. The average Bonchev–Trinajstić information content (AvgIpc) is 3.03. The van der Waals surface area contributed by atoms with Gasteiger partial charge in [-0.2, -0.15) is 0 Å². The van der Waals surface area contributed by atoms with E-state index in [4.69, 9.17) is 14.2 Å². The Bertz CT molecular complexity index is 911. The molecule has 0 bridgehead atoms. The molecule has 168 valence electrons. The lowest BCUT2D eigenvalue weighted by Crippen LogP contribution is -2.40. The van der Waals surface area contributed by atoms with Crippen LogP contribution >= 0.6 is 11.8 Å².